The summed E-state index contributed by atoms with van der Waals surface area (Å²) in [5.41, 5.74) is 9.02. The number of hydrogen-bond donors (Lipinski definition) is 4. The average Bonchev–Trinajstić information content (AvgIpc) is 3.38. The Labute approximate surface area is 196 Å². The van der Waals surface area contributed by atoms with Crippen LogP contribution >= 0.6 is 23.7 Å². The van der Waals surface area contributed by atoms with Crippen LogP contribution in [0.1, 0.15) is 24.1 Å². The van der Waals surface area contributed by atoms with E-state index in [0.717, 1.165) is 21.6 Å². The second kappa shape index (κ2) is 9.48. The molecule has 32 heavy (non-hydrogen) atoms. The van der Waals surface area contributed by atoms with Gasteiger partial charge in [-0.25, -0.2) is 9.97 Å². The van der Waals surface area contributed by atoms with Crippen LogP contribution in [-0.4, -0.2) is 32.1 Å². The third kappa shape index (κ3) is 4.46. The SMILES string of the molecule is Cl.NC1CC(NCc2ccc(Nc3cccnc3)cc2)CC1(O)c1ncnc2sccc12. The lowest BCUT2D eigenvalue weighted by Gasteiger charge is -2.27. The first-order valence-corrected chi connectivity index (χ1v) is 11.2. The molecular formula is C23H25ClN6OS. The average molecular weight is 469 g/mol. The van der Waals surface area contributed by atoms with Gasteiger partial charge in [-0.3, -0.25) is 4.98 Å². The lowest BCUT2D eigenvalue weighted by atomic mass is 9.92. The van der Waals surface area contributed by atoms with Crippen molar-refractivity contribution in [3.63, 3.8) is 0 Å². The molecule has 4 aromatic rings. The standard InChI is InChI=1S/C23H24N6OS.ClH/c24-20-10-18(11-23(20,30)21-19-7-9-31-22(19)28-14-27-21)26-12-15-3-5-16(6-4-15)29-17-2-1-8-25-13-17;/h1-9,13-14,18,20,26,29-30H,10-12,24H2;1H. The van der Waals surface area contributed by atoms with Crippen molar-refractivity contribution in [2.75, 3.05) is 5.32 Å². The maximum atomic E-state index is 11.4. The molecule has 0 saturated heterocycles. The molecule has 3 atom stereocenters. The van der Waals surface area contributed by atoms with Crippen LogP contribution in [0.5, 0.6) is 0 Å². The van der Waals surface area contributed by atoms with Crippen molar-refractivity contribution in [3.8, 4) is 0 Å². The van der Waals surface area contributed by atoms with Crippen molar-refractivity contribution < 1.29 is 5.11 Å². The largest absolute Gasteiger partial charge is 0.382 e. The van der Waals surface area contributed by atoms with E-state index in [1.165, 1.54) is 11.9 Å². The Hall–Kier alpha value is -2.62. The van der Waals surface area contributed by atoms with Crippen LogP contribution in [0, 0.1) is 0 Å². The van der Waals surface area contributed by atoms with E-state index in [1.807, 2.05) is 23.6 Å². The summed E-state index contributed by atoms with van der Waals surface area (Å²) >= 11 is 1.54. The fourth-order valence-corrected chi connectivity index (χ4v) is 4.98. The van der Waals surface area contributed by atoms with Gasteiger partial charge < -0.3 is 21.5 Å². The summed E-state index contributed by atoms with van der Waals surface area (Å²) in [6.45, 7) is 0.707. The monoisotopic (exact) mass is 468 g/mol. The zero-order valence-electron chi connectivity index (χ0n) is 17.3. The van der Waals surface area contributed by atoms with Crippen LogP contribution in [0.25, 0.3) is 10.2 Å². The summed E-state index contributed by atoms with van der Waals surface area (Å²) in [4.78, 5) is 13.7. The molecule has 0 radical (unpaired) electrons. The number of pyridine rings is 1. The number of rotatable bonds is 6. The van der Waals surface area contributed by atoms with Gasteiger partial charge in [-0.15, -0.1) is 23.7 Å². The van der Waals surface area contributed by atoms with Crippen molar-refractivity contribution in [1.82, 2.24) is 20.3 Å². The fraction of sp³-hybridized carbons (Fsp3) is 0.261. The number of nitrogens with two attached hydrogens (primary N) is 1. The minimum Gasteiger partial charge on any atom is -0.382 e. The molecule has 0 amide bonds. The molecule has 0 spiro atoms. The van der Waals surface area contributed by atoms with Crippen molar-refractivity contribution in [3.05, 3.63) is 77.8 Å². The Balaban J connectivity index is 0.00000245. The lowest BCUT2D eigenvalue weighted by molar-refractivity contribution is 0.0234. The molecule has 3 unspecified atom stereocenters. The Bertz CT molecular complexity index is 1170. The van der Waals surface area contributed by atoms with Gasteiger partial charge in [0.2, 0.25) is 0 Å². The first kappa shape index (κ1) is 22.6. The van der Waals surface area contributed by atoms with E-state index in [2.05, 4.69) is 49.9 Å². The third-order valence-corrected chi connectivity index (χ3v) is 6.70. The highest BCUT2D eigenvalue weighted by Gasteiger charge is 2.47. The summed E-state index contributed by atoms with van der Waals surface area (Å²) < 4.78 is 0. The number of benzene rings is 1. The number of nitrogens with one attached hydrogen (secondary N) is 2. The van der Waals surface area contributed by atoms with Crippen molar-refractivity contribution in [1.29, 1.82) is 0 Å². The van der Waals surface area contributed by atoms with Crippen LogP contribution < -0.4 is 16.4 Å². The molecule has 1 aliphatic carbocycles. The van der Waals surface area contributed by atoms with Crippen molar-refractivity contribution >= 4 is 45.3 Å². The number of thiophene rings is 1. The third-order valence-electron chi connectivity index (χ3n) is 5.88. The van der Waals surface area contributed by atoms with Crippen LogP contribution in [0.2, 0.25) is 0 Å². The van der Waals surface area contributed by atoms with Crippen molar-refractivity contribution in [2.24, 2.45) is 5.73 Å². The fourth-order valence-electron chi connectivity index (χ4n) is 4.25. The van der Waals surface area contributed by atoms with Crippen molar-refractivity contribution in [2.45, 2.75) is 37.1 Å². The normalized spacial score (nSPS) is 22.6. The summed E-state index contributed by atoms with van der Waals surface area (Å²) in [6.07, 6.45) is 6.27. The van der Waals surface area contributed by atoms with E-state index in [4.69, 9.17) is 5.73 Å². The zero-order chi connectivity index (χ0) is 21.3. The van der Waals surface area contributed by atoms with Gasteiger partial charge in [0.1, 0.15) is 16.8 Å². The molecular weight excluding hydrogens is 444 g/mol. The molecule has 1 fully saturated rings. The Morgan fingerprint density at radius 3 is 2.75 bits per heavy atom. The van der Waals surface area contributed by atoms with E-state index in [-0.39, 0.29) is 24.5 Å². The molecule has 1 aromatic carbocycles. The summed E-state index contributed by atoms with van der Waals surface area (Å²) in [6, 6.07) is 13.9. The Kier molecular flexibility index (Phi) is 6.68. The number of halogens is 1. The highest BCUT2D eigenvalue weighted by molar-refractivity contribution is 7.16. The molecule has 9 heteroatoms. The van der Waals surface area contributed by atoms with Crippen LogP contribution in [0.3, 0.4) is 0 Å². The molecule has 0 bridgehead atoms. The Morgan fingerprint density at radius 2 is 1.97 bits per heavy atom. The Morgan fingerprint density at radius 1 is 1.12 bits per heavy atom. The summed E-state index contributed by atoms with van der Waals surface area (Å²) in [5, 5.41) is 21.2. The summed E-state index contributed by atoms with van der Waals surface area (Å²) in [5.74, 6) is 0. The molecule has 1 aliphatic rings. The summed E-state index contributed by atoms with van der Waals surface area (Å²) in [7, 11) is 0. The minimum atomic E-state index is -1.16. The van der Waals surface area contributed by atoms with Gasteiger partial charge in [0.15, 0.2) is 0 Å². The number of aromatic nitrogens is 3. The minimum absolute atomic E-state index is 0. The smallest absolute Gasteiger partial charge is 0.127 e. The molecule has 1 saturated carbocycles. The maximum absolute atomic E-state index is 11.4. The highest BCUT2D eigenvalue weighted by atomic mass is 35.5. The van der Waals surface area contributed by atoms with E-state index < -0.39 is 5.60 Å². The number of nitrogens with zero attached hydrogens (tertiary/aromatic N) is 3. The van der Waals surface area contributed by atoms with Gasteiger partial charge in [0.05, 0.1) is 17.6 Å². The van der Waals surface area contributed by atoms with E-state index in [0.29, 0.717) is 25.1 Å². The number of fused-ring (bicyclic) bond motifs is 1. The lowest BCUT2D eigenvalue weighted by Crippen LogP contribution is -2.41. The van der Waals surface area contributed by atoms with Crippen LogP contribution in [0.15, 0.2) is 66.6 Å². The number of hydrogen-bond acceptors (Lipinski definition) is 8. The highest BCUT2D eigenvalue weighted by Crippen LogP contribution is 2.40. The van der Waals surface area contributed by atoms with Gasteiger partial charge in [-0.1, -0.05) is 12.1 Å². The van der Waals surface area contributed by atoms with Gasteiger partial charge in [0.25, 0.3) is 0 Å². The van der Waals surface area contributed by atoms with Gasteiger partial charge in [-0.05, 0) is 54.1 Å². The quantitative estimate of drug-likeness (QED) is 0.341. The second-order valence-electron chi connectivity index (χ2n) is 7.97. The van der Waals surface area contributed by atoms with Gasteiger partial charge >= 0.3 is 0 Å². The molecule has 166 valence electrons. The predicted octanol–water partition coefficient (Wildman–Crippen LogP) is 3.72. The molecule has 3 heterocycles. The van der Waals surface area contributed by atoms with E-state index in [9.17, 15) is 5.11 Å². The zero-order valence-corrected chi connectivity index (χ0v) is 18.9. The molecule has 5 rings (SSSR count). The number of anilines is 2. The molecule has 7 nitrogen and oxygen atoms in total. The first-order chi connectivity index (χ1) is 15.1. The van der Waals surface area contributed by atoms with E-state index in [1.54, 1.807) is 23.7 Å². The molecule has 5 N–H and O–H groups in total. The number of aliphatic hydroxyl groups is 1. The van der Waals surface area contributed by atoms with Gasteiger partial charge in [-0.2, -0.15) is 0 Å². The molecule has 3 aromatic heterocycles. The van der Waals surface area contributed by atoms with Crippen LogP contribution in [-0.2, 0) is 12.1 Å². The van der Waals surface area contributed by atoms with E-state index >= 15 is 0 Å². The maximum Gasteiger partial charge on any atom is 0.127 e. The molecule has 0 aliphatic heterocycles. The first-order valence-electron chi connectivity index (χ1n) is 10.3. The van der Waals surface area contributed by atoms with Gasteiger partial charge in [0, 0.05) is 35.9 Å². The topological polar surface area (TPSA) is 109 Å². The predicted molar refractivity (Wildman–Crippen MR) is 130 cm³/mol. The van der Waals surface area contributed by atoms with Crippen LogP contribution in [0.4, 0.5) is 11.4 Å². The second-order valence-corrected chi connectivity index (χ2v) is 8.87.